The number of hydrogen-bond donors (Lipinski definition) is 1. The molecule has 0 bridgehead atoms. The third-order valence-electron chi connectivity index (χ3n) is 3.73. The summed E-state index contributed by atoms with van der Waals surface area (Å²) in [6.07, 6.45) is 0. The van der Waals surface area contributed by atoms with Gasteiger partial charge in [0.25, 0.3) is 5.91 Å². The normalized spacial score (nSPS) is 11.8. The Hall–Kier alpha value is -2.66. The number of carbonyl (C=O) groups is 1. The number of nitrogens with one attached hydrogen (secondary N) is 1. The molecular formula is C20H18FNO2S. The van der Waals surface area contributed by atoms with Crippen molar-refractivity contribution in [3.8, 4) is 5.75 Å². The second kappa shape index (κ2) is 7.94. The van der Waals surface area contributed by atoms with E-state index in [2.05, 4.69) is 5.32 Å². The van der Waals surface area contributed by atoms with E-state index in [0.717, 1.165) is 10.4 Å². The largest absolute Gasteiger partial charge is 0.484 e. The third-order valence-corrected chi connectivity index (χ3v) is 4.66. The van der Waals surface area contributed by atoms with Crippen LogP contribution in [0.4, 0.5) is 4.39 Å². The van der Waals surface area contributed by atoms with E-state index < -0.39 is 0 Å². The average Bonchev–Trinajstić information content (AvgIpc) is 3.14. The summed E-state index contributed by atoms with van der Waals surface area (Å²) >= 11 is 1.59. The van der Waals surface area contributed by atoms with Gasteiger partial charge in [0.1, 0.15) is 11.6 Å². The lowest BCUT2D eigenvalue weighted by Gasteiger charge is -2.18. The third kappa shape index (κ3) is 4.67. The van der Waals surface area contributed by atoms with Gasteiger partial charge in [-0.1, -0.05) is 35.9 Å². The molecular weight excluding hydrogens is 337 g/mol. The molecule has 0 fully saturated rings. The van der Waals surface area contributed by atoms with E-state index in [1.807, 2.05) is 48.7 Å². The molecule has 2 aromatic carbocycles. The van der Waals surface area contributed by atoms with Gasteiger partial charge < -0.3 is 10.1 Å². The summed E-state index contributed by atoms with van der Waals surface area (Å²) in [5.41, 5.74) is 2.18. The lowest BCUT2D eigenvalue weighted by molar-refractivity contribution is -0.123. The lowest BCUT2D eigenvalue weighted by Crippen LogP contribution is -2.32. The Morgan fingerprint density at radius 2 is 1.84 bits per heavy atom. The predicted molar refractivity (Wildman–Crippen MR) is 97.4 cm³/mol. The van der Waals surface area contributed by atoms with Gasteiger partial charge in [-0.2, -0.15) is 0 Å². The SMILES string of the molecule is Cc1ccc([C@H](NC(=O)COc2ccc(F)cc2)c2cccs2)cc1. The van der Waals surface area contributed by atoms with E-state index in [1.165, 1.54) is 29.8 Å². The quantitative estimate of drug-likeness (QED) is 0.708. The van der Waals surface area contributed by atoms with Crippen molar-refractivity contribution < 1.29 is 13.9 Å². The van der Waals surface area contributed by atoms with Crippen molar-refractivity contribution in [3.63, 3.8) is 0 Å². The Kier molecular flexibility index (Phi) is 5.46. The van der Waals surface area contributed by atoms with Gasteiger partial charge in [0.05, 0.1) is 6.04 Å². The van der Waals surface area contributed by atoms with Crippen molar-refractivity contribution in [2.75, 3.05) is 6.61 Å². The van der Waals surface area contributed by atoms with Gasteiger partial charge in [-0.3, -0.25) is 4.79 Å². The molecule has 1 N–H and O–H groups in total. The van der Waals surface area contributed by atoms with Crippen molar-refractivity contribution in [1.29, 1.82) is 0 Å². The molecule has 1 atom stereocenters. The standard InChI is InChI=1S/C20H18FNO2S/c1-14-4-6-15(7-5-14)20(18-3-2-12-25-18)22-19(23)13-24-17-10-8-16(21)9-11-17/h2-12,20H,13H2,1H3,(H,22,23)/t20-/m0/s1. The molecule has 0 aliphatic carbocycles. The zero-order chi connectivity index (χ0) is 17.6. The molecule has 1 aromatic heterocycles. The van der Waals surface area contributed by atoms with Crippen molar-refractivity contribution >= 4 is 17.2 Å². The minimum absolute atomic E-state index is 0.126. The molecule has 3 aromatic rings. The van der Waals surface area contributed by atoms with Crippen LogP contribution in [-0.2, 0) is 4.79 Å². The molecule has 0 saturated carbocycles. The topological polar surface area (TPSA) is 38.3 Å². The van der Waals surface area contributed by atoms with Crippen molar-refractivity contribution in [2.24, 2.45) is 0 Å². The van der Waals surface area contributed by atoms with Crippen LogP contribution < -0.4 is 10.1 Å². The van der Waals surface area contributed by atoms with Gasteiger partial charge in [-0.05, 0) is 48.2 Å². The van der Waals surface area contributed by atoms with Crippen LogP contribution in [0.5, 0.6) is 5.75 Å². The highest BCUT2D eigenvalue weighted by Gasteiger charge is 2.18. The van der Waals surface area contributed by atoms with E-state index in [9.17, 15) is 9.18 Å². The van der Waals surface area contributed by atoms with Gasteiger partial charge in [0, 0.05) is 4.88 Å². The van der Waals surface area contributed by atoms with Gasteiger partial charge in [-0.15, -0.1) is 11.3 Å². The smallest absolute Gasteiger partial charge is 0.258 e. The fourth-order valence-electron chi connectivity index (χ4n) is 2.42. The van der Waals surface area contributed by atoms with Gasteiger partial charge in [0.2, 0.25) is 0 Å². The Balaban J connectivity index is 1.68. The summed E-state index contributed by atoms with van der Waals surface area (Å²) in [4.78, 5) is 13.4. The van der Waals surface area contributed by atoms with E-state index in [0.29, 0.717) is 5.75 Å². The zero-order valence-corrected chi connectivity index (χ0v) is 14.6. The van der Waals surface area contributed by atoms with Gasteiger partial charge in [0.15, 0.2) is 6.61 Å². The van der Waals surface area contributed by atoms with Crippen molar-refractivity contribution in [1.82, 2.24) is 5.32 Å². The highest BCUT2D eigenvalue weighted by molar-refractivity contribution is 7.10. The van der Waals surface area contributed by atoms with E-state index in [4.69, 9.17) is 4.74 Å². The lowest BCUT2D eigenvalue weighted by atomic mass is 10.0. The van der Waals surface area contributed by atoms with Crippen LogP contribution in [0.25, 0.3) is 0 Å². The molecule has 1 heterocycles. The summed E-state index contributed by atoms with van der Waals surface area (Å²) < 4.78 is 18.3. The summed E-state index contributed by atoms with van der Waals surface area (Å²) in [5.74, 6) is -0.114. The number of rotatable bonds is 6. The van der Waals surface area contributed by atoms with Crippen LogP contribution in [0, 0.1) is 12.7 Å². The maximum atomic E-state index is 12.9. The van der Waals surface area contributed by atoms with Crippen LogP contribution >= 0.6 is 11.3 Å². The molecule has 0 unspecified atom stereocenters. The number of hydrogen-bond acceptors (Lipinski definition) is 3. The highest BCUT2D eigenvalue weighted by Crippen LogP contribution is 2.26. The first kappa shape index (κ1) is 17.2. The summed E-state index contributed by atoms with van der Waals surface area (Å²) in [7, 11) is 0. The van der Waals surface area contributed by atoms with Crippen LogP contribution in [0.15, 0.2) is 66.0 Å². The van der Waals surface area contributed by atoms with E-state index in [1.54, 1.807) is 11.3 Å². The van der Waals surface area contributed by atoms with Crippen LogP contribution in [0.3, 0.4) is 0 Å². The molecule has 1 amide bonds. The Bertz CT molecular complexity index is 814. The number of amides is 1. The molecule has 0 radical (unpaired) electrons. The first-order chi connectivity index (χ1) is 12.1. The number of thiophene rings is 1. The monoisotopic (exact) mass is 355 g/mol. The number of carbonyl (C=O) groups excluding carboxylic acids is 1. The first-order valence-corrected chi connectivity index (χ1v) is 8.77. The minimum atomic E-state index is -0.339. The Morgan fingerprint density at radius 3 is 2.48 bits per heavy atom. The zero-order valence-electron chi connectivity index (χ0n) is 13.7. The molecule has 25 heavy (non-hydrogen) atoms. The Labute approximate surface area is 150 Å². The predicted octanol–water partition coefficient (Wildman–Crippen LogP) is 4.48. The van der Waals surface area contributed by atoms with Crippen molar-refractivity contribution in [3.05, 3.63) is 87.9 Å². The van der Waals surface area contributed by atoms with Gasteiger partial charge in [-0.25, -0.2) is 4.39 Å². The molecule has 0 spiro atoms. The summed E-state index contributed by atoms with van der Waals surface area (Å²) in [6.45, 7) is 1.90. The average molecular weight is 355 g/mol. The molecule has 0 saturated heterocycles. The maximum absolute atomic E-state index is 12.9. The molecule has 5 heteroatoms. The van der Waals surface area contributed by atoms with Gasteiger partial charge >= 0.3 is 0 Å². The molecule has 0 aliphatic rings. The minimum Gasteiger partial charge on any atom is -0.484 e. The molecule has 3 nitrogen and oxygen atoms in total. The van der Waals surface area contributed by atoms with Crippen molar-refractivity contribution in [2.45, 2.75) is 13.0 Å². The molecule has 128 valence electrons. The first-order valence-electron chi connectivity index (χ1n) is 7.89. The highest BCUT2D eigenvalue weighted by atomic mass is 32.1. The molecule has 0 aliphatic heterocycles. The second-order valence-corrected chi connectivity index (χ2v) is 6.65. The van der Waals surface area contributed by atoms with Crippen LogP contribution in [-0.4, -0.2) is 12.5 Å². The molecule has 3 rings (SSSR count). The van der Waals surface area contributed by atoms with E-state index >= 15 is 0 Å². The van der Waals surface area contributed by atoms with E-state index in [-0.39, 0.29) is 24.4 Å². The fraction of sp³-hybridized carbons (Fsp3) is 0.150. The fourth-order valence-corrected chi connectivity index (χ4v) is 3.22. The second-order valence-electron chi connectivity index (χ2n) is 5.67. The maximum Gasteiger partial charge on any atom is 0.258 e. The summed E-state index contributed by atoms with van der Waals surface area (Å²) in [5, 5.41) is 4.99. The number of benzene rings is 2. The Morgan fingerprint density at radius 1 is 1.12 bits per heavy atom. The number of halogens is 1. The number of aryl methyl sites for hydroxylation is 1. The number of ether oxygens (including phenoxy) is 1. The van der Waals surface area contributed by atoms with Crippen LogP contribution in [0.2, 0.25) is 0 Å². The summed E-state index contributed by atoms with van der Waals surface area (Å²) in [6, 6.07) is 17.4. The van der Waals surface area contributed by atoms with Crippen LogP contribution in [0.1, 0.15) is 22.0 Å².